The third kappa shape index (κ3) is 3.01. The Bertz CT molecular complexity index is 1120. The van der Waals surface area contributed by atoms with E-state index in [1.165, 1.54) is 29.4 Å². The van der Waals surface area contributed by atoms with Crippen LogP contribution in [0.15, 0.2) is 42.6 Å². The van der Waals surface area contributed by atoms with E-state index in [0.29, 0.717) is 23.9 Å². The highest BCUT2D eigenvalue weighted by atomic mass is 16.3. The van der Waals surface area contributed by atoms with E-state index < -0.39 is 0 Å². The minimum atomic E-state index is -0.188. The molecule has 2 aliphatic rings. The highest BCUT2D eigenvalue weighted by molar-refractivity contribution is 5.97. The molecule has 3 atom stereocenters. The molecule has 0 spiro atoms. The van der Waals surface area contributed by atoms with Crippen LogP contribution in [0.3, 0.4) is 0 Å². The SMILES string of the molecule is C[C@H]1[C@@H]2CCC[C@@]1(C)c1c(ccc(C(=O)NCCc3ccc4[nH]ccc4c3)c1O)C2. The second kappa shape index (κ2) is 7.19. The van der Waals surface area contributed by atoms with Crippen LogP contribution in [-0.2, 0) is 18.3 Å². The fraction of sp³-hybridized carbons (Fsp3) is 0.423. The lowest BCUT2D eigenvalue weighted by atomic mass is 9.54. The first-order valence-corrected chi connectivity index (χ1v) is 11.2. The van der Waals surface area contributed by atoms with Gasteiger partial charge in [0.1, 0.15) is 5.75 Å². The van der Waals surface area contributed by atoms with E-state index in [0.717, 1.165) is 30.3 Å². The number of aromatic nitrogens is 1. The van der Waals surface area contributed by atoms with Crippen molar-refractivity contribution < 1.29 is 9.90 Å². The summed E-state index contributed by atoms with van der Waals surface area (Å²) in [6, 6.07) is 12.2. The van der Waals surface area contributed by atoms with Gasteiger partial charge in [0.15, 0.2) is 0 Å². The normalized spacial score (nSPS) is 25.1. The Morgan fingerprint density at radius 1 is 1.27 bits per heavy atom. The highest BCUT2D eigenvalue weighted by Crippen LogP contribution is 2.55. The number of carbonyl (C=O) groups excluding carboxylic acids is 1. The molecular weight excluding hydrogens is 372 g/mol. The fourth-order valence-electron chi connectivity index (χ4n) is 5.94. The van der Waals surface area contributed by atoms with E-state index in [2.05, 4.69) is 54.5 Å². The molecule has 3 aromatic rings. The number of phenolic OH excluding ortho intramolecular Hbond substituents is 1. The molecule has 2 aromatic carbocycles. The summed E-state index contributed by atoms with van der Waals surface area (Å²) >= 11 is 0. The van der Waals surface area contributed by atoms with E-state index in [4.69, 9.17) is 0 Å². The number of H-pyrrole nitrogens is 1. The van der Waals surface area contributed by atoms with Crippen molar-refractivity contribution in [2.45, 2.75) is 51.4 Å². The molecule has 0 radical (unpaired) electrons. The van der Waals surface area contributed by atoms with Gasteiger partial charge in [-0.3, -0.25) is 4.79 Å². The third-order valence-corrected chi connectivity index (χ3v) is 7.86. The van der Waals surface area contributed by atoms with Crippen molar-refractivity contribution in [2.75, 3.05) is 6.54 Å². The maximum absolute atomic E-state index is 12.9. The number of benzene rings is 2. The van der Waals surface area contributed by atoms with Crippen LogP contribution < -0.4 is 5.32 Å². The standard InChI is InChI=1S/C26H30N2O2/c1-16-18-4-3-11-26(16,2)23-20(15-18)6-7-21(24(23)29)25(30)28-12-9-17-5-8-22-19(14-17)10-13-27-22/h5-8,10,13-14,16,18,27,29H,3-4,9,11-12,15H2,1-2H3,(H,28,30)/t16-,18+,26+/m0/s1. The number of amides is 1. The summed E-state index contributed by atoms with van der Waals surface area (Å²) in [5.41, 5.74) is 4.93. The molecule has 2 bridgehead atoms. The minimum Gasteiger partial charge on any atom is -0.507 e. The van der Waals surface area contributed by atoms with Gasteiger partial charge in [-0.05, 0) is 83.7 Å². The van der Waals surface area contributed by atoms with Crippen molar-refractivity contribution in [3.8, 4) is 5.75 Å². The molecule has 5 rings (SSSR count). The van der Waals surface area contributed by atoms with Crippen LogP contribution in [0, 0.1) is 11.8 Å². The predicted molar refractivity (Wildman–Crippen MR) is 120 cm³/mol. The van der Waals surface area contributed by atoms with Gasteiger partial charge in [0, 0.05) is 23.8 Å². The molecule has 4 nitrogen and oxygen atoms in total. The molecule has 1 fully saturated rings. The van der Waals surface area contributed by atoms with Crippen molar-refractivity contribution in [3.63, 3.8) is 0 Å². The number of hydrogen-bond donors (Lipinski definition) is 3. The first-order chi connectivity index (χ1) is 14.5. The minimum absolute atomic E-state index is 0.0388. The van der Waals surface area contributed by atoms with Gasteiger partial charge >= 0.3 is 0 Å². The number of nitrogens with one attached hydrogen (secondary N) is 2. The zero-order valence-corrected chi connectivity index (χ0v) is 17.8. The molecule has 0 saturated heterocycles. The van der Waals surface area contributed by atoms with E-state index in [-0.39, 0.29) is 17.1 Å². The number of aromatic amines is 1. The number of aromatic hydroxyl groups is 1. The summed E-state index contributed by atoms with van der Waals surface area (Å²) in [6.07, 6.45) is 7.26. The molecule has 0 unspecified atom stereocenters. The lowest BCUT2D eigenvalue weighted by Crippen LogP contribution is -2.44. The van der Waals surface area contributed by atoms with Gasteiger partial charge in [-0.15, -0.1) is 0 Å². The smallest absolute Gasteiger partial charge is 0.255 e. The molecule has 4 heteroatoms. The zero-order chi connectivity index (χ0) is 20.9. The van der Waals surface area contributed by atoms with Gasteiger partial charge in [-0.1, -0.05) is 32.4 Å². The van der Waals surface area contributed by atoms with Gasteiger partial charge in [0.05, 0.1) is 5.56 Å². The van der Waals surface area contributed by atoms with Crippen molar-refractivity contribution in [2.24, 2.45) is 11.8 Å². The van der Waals surface area contributed by atoms with Gasteiger partial charge < -0.3 is 15.4 Å². The Kier molecular flexibility index (Phi) is 4.61. The van der Waals surface area contributed by atoms with Crippen molar-refractivity contribution in [1.82, 2.24) is 10.3 Å². The van der Waals surface area contributed by atoms with Crippen molar-refractivity contribution in [3.05, 3.63) is 64.8 Å². The maximum Gasteiger partial charge on any atom is 0.255 e. The van der Waals surface area contributed by atoms with Crippen LogP contribution in [0.5, 0.6) is 5.75 Å². The van der Waals surface area contributed by atoms with Crippen LogP contribution in [0.2, 0.25) is 0 Å². The number of rotatable bonds is 4. The quantitative estimate of drug-likeness (QED) is 0.569. The summed E-state index contributed by atoms with van der Waals surface area (Å²) in [5, 5.41) is 15.3. The summed E-state index contributed by atoms with van der Waals surface area (Å²) < 4.78 is 0. The molecule has 2 aliphatic carbocycles. The lowest BCUT2D eigenvalue weighted by molar-refractivity contribution is 0.0948. The Morgan fingerprint density at radius 2 is 2.13 bits per heavy atom. The summed E-state index contributed by atoms with van der Waals surface area (Å²) in [4.78, 5) is 16.1. The Balaban J connectivity index is 1.34. The Morgan fingerprint density at radius 3 is 3.00 bits per heavy atom. The third-order valence-electron chi connectivity index (χ3n) is 7.86. The molecule has 1 aromatic heterocycles. The van der Waals surface area contributed by atoms with Crippen molar-refractivity contribution in [1.29, 1.82) is 0 Å². The van der Waals surface area contributed by atoms with E-state index in [1.54, 1.807) is 0 Å². The van der Waals surface area contributed by atoms with Gasteiger partial charge in [-0.2, -0.15) is 0 Å². The maximum atomic E-state index is 12.9. The highest BCUT2D eigenvalue weighted by Gasteiger charge is 2.47. The van der Waals surface area contributed by atoms with Crippen LogP contribution in [-0.4, -0.2) is 22.5 Å². The number of phenols is 1. The fourth-order valence-corrected chi connectivity index (χ4v) is 5.94. The van der Waals surface area contributed by atoms with Gasteiger partial charge in [0.25, 0.3) is 5.91 Å². The van der Waals surface area contributed by atoms with E-state index in [9.17, 15) is 9.90 Å². The van der Waals surface area contributed by atoms with E-state index >= 15 is 0 Å². The first-order valence-electron chi connectivity index (χ1n) is 11.2. The van der Waals surface area contributed by atoms with E-state index in [1.807, 2.05) is 12.3 Å². The second-order valence-electron chi connectivity index (χ2n) is 9.46. The zero-order valence-electron chi connectivity index (χ0n) is 17.8. The van der Waals surface area contributed by atoms with Crippen LogP contribution in [0.4, 0.5) is 0 Å². The largest absolute Gasteiger partial charge is 0.507 e. The average Bonchev–Trinajstić information content (AvgIpc) is 3.18. The van der Waals surface area contributed by atoms with Gasteiger partial charge in [-0.25, -0.2) is 0 Å². The van der Waals surface area contributed by atoms with Crippen LogP contribution >= 0.6 is 0 Å². The average molecular weight is 403 g/mol. The Labute approximate surface area is 177 Å². The molecule has 0 aliphatic heterocycles. The number of carbonyl (C=O) groups is 1. The summed E-state index contributed by atoms with van der Waals surface area (Å²) in [6.45, 7) is 5.14. The predicted octanol–water partition coefficient (Wildman–Crippen LogP) is 5.10. The first kappa shape index (κ1) is 19.2. The molecule has 1 heterocycles. The van der Waals surface area contributed by atoms with Crippen LogP contribution in [0.1, 0.15) is 60.2 Å². The number of fused-ring (bicyclic) bond motifs is 5. The van der Waals surface area contributed by atoms with Gasteiger partial charge in [0.2, 0.25) is 0 Å². The monoisotopic (exact) mass is 402 g/mol. The lowest BCUT2D eigenvalue weighted by Gasteiger charge is -2.50. The summed E-state index contributed by atoms with van der Waals surface area (Å²) in [5.74, 6) is 1.24. The number of hydrogen-bond acceptors (Lipinski definition) is 2. The molecule has 1 saturated carbocycles. The summed E-state index contributed by atoms with van der Waals surface area (Å²) in [7, 11) is 0. The molecule has 3 N–H and O–H groups in total. The topological polar surface area (TPSA) is 65.1 Å². The molecule has 1 amide bonds. The molecule has 156 valence electrons. The molecular formula is C26H30N2O2. The molecule has 30 heavy (non-hydrogen) atoms. The Hall–Kier alpha value is -2.75. The van der Waals surface area contributed by atoms with Crippen molar-refractivity contribution >= 4 is 16.8 Å². The van der Waals surface area contributed by atoms with Crippen LogP contribution in [0.25, 0.3) is 10.9 Å². The second-order valence-corrected chi connectivity index (χ2v) is 9.46.